The summed E-state index contributed by atoms with van der Waals surface area (Å²) in [6.45, 7) is 2.72. The van der Waals surface area contributed by atoms with Crippen molar-refractivity contribution < 1.29 is 19.7 Å². The first-order valence-corrected chi connectivity index (χ1v) is 7.84. The van der Waals surface area contributed by atoms with Crippen LogP contribution in [0.25, 0.3) is 0 Å². The van der Waals surface area contributed by atoms with Crippen molar-refractivity contribution >= 4 is 5.97 Å². The van der Waals surface area contributed by atoms with Gasteiger partial charge in [0.05, 0.1) is 12.2 Å². The summed E-state index contributed by atoms with van der Waals surface area (Å²) in [6.07, 6.45) is 9.71. The zero-order valence-electron chi connectivity index (χ0n) is 12.8. The van der Waals surface area contributed by atoms with E-state index in [2.05, 4.69) is 6.92 Å². The number of unbranched alkanes of at least 4 members (excludes halogenated alkanes) is 7. The Morgan fingerprint density at radius 1 is 1.05 bits per heavy atom. The first-order valence-electron chi connectivity index (χ1n) is 7.84. The van der Waals surface area contributed by atoms with Crippen molar-refractivity contribution in [2.45, 2.75) is 58.3 Å². The van der Waals surface area contributed by atoms with Gasteiger partial charge in [0, 0.05) is 0 Å². The van der Waals surface area contributed by atoms with E-state index in [4.69, 9.17) is 9.84 Å². The van der Waals surface area contributed by atoms with Crippen LogP contribution in [-0.2, 0) is 0 Å². The predicted octanol–water partition coefficient (Wildman–Crippen LogP) is 4.61. The van der Waals surface area contributed by atoms with Gasteiger partial charge in [-0.25, -0.2) is 4.79 Å². The number of carboxylic acid groups (broad SMARTS) is 1. The zero-order chi connectivity index (χ0) is 15.5. The summed E-state index contributed by atoms with van der Waals surface area (Å²) >= 11 is 0. The third-order valence-corrected chi connectivity index (χ3v) is 3.46. The number of phenolic OH excluding ortho intramolecular Hbond substituents is 1. The molecule has 1 rings (SSSR count). The smallest absolute Gasteiger partial charge is 0.335 e. The molecule has 0 saturated heterocycles. The number of carbonyl (C=O) groups is 1. The molecule has 0 amide bonds. The number of aromatic carboxylic acids is 1. The fourth-order valence-corrected chi connectivity index (χ4v) is 2.18. The maximum atomic E-state index is 10.9. The Bertz CT molecular complexity index is 429. The van der Waals surface area contributed by atoms with Crippen molar-refractivity contribution in [1.82, 2.24) is 0 Å². The Labute approximate surface area is 126 Å². The lowest BCUT2D eigenvalue weighted by Crippen LogP contribution is -2.01. The molecule has 0 bridgehead atoms. The van der Waals surface area contributed by atoms with Crippen molar-refractivity contribution in [1.29, 1.82) is 0 Å². The molecule has 2 N–H and O–H groups in total. The molecule has 1 aromatic carbocycles. The van der Waals surface area contributed by atoms with Crippen molar-refractivity contribution in [3.63, 3.8) is 0 Å². The molecule has 4 heteroatoms. The highest BCUT2D eigenvalue weighted by atomic mass is 16.5. The highest BCUT2D eigenvalue weighted by Crippen LogP contribution is 2.27. The molecule has 21 heavy (non-hydrogen) atoms. The lowest BCUT2D eigenvalue weighted by molar-refractivity contribution is 0.0696. The minimum absolute atomic E-state index is 0.0143. The molecule has 4 nitrogen and oxygen atoms in total. The molecule has 0 radical (unpaired) electrons. The van der Waals surface area contributed by atoms with Gasteiger partial charge in [-0.15, -0.1) is 0 Å². The average Bonchev–Trinajstić information content (AvgIpc) is 2.47. The summed E-state index contributed by atoms with van der Waals surface area (Å²) in [5.74, 6) is -0.788. The van der Waals surface area contributed by atoms with E-state index in [0.29, 0.717) is 6.61 Å². The molecule has 0 aliphatic carbocycles. The Morgan fingerprint density at radius 2 is 1.67 bits per heavy atom. The molecule has 0 saturated carbocycles. The number of aromatic hydroxyl groups is 1. The largest absolute Gasteiger partial charge is 0.504 e. The van der Waals surface area contributed by atoms with Crippen LogP contribution in [0, 0.1) is 0 Å². The topological polar surface area (TPSA) is 66.8 Å². The van der Waals surface area contributed by atoms with E-state index >= 15 is 0 Å². The SMILES string of the molecule is CCCCCCCCCCOc1cc(C(=O)O)ccc1O. The van der Waals surface area contributed by atoms with E-state index in [-0.39, 0.29) is 17.1 Å². The normalized spacial score (nSPS) is 10.5. The average molecular weight is 294 g/mol. The Hall–Kier alpha value is -1.71. The second kappa shape index (κ2) is 10.1. The number of phenols is 1. The number of hydrogen-bond donors (Lipinski definition) is 2. The lowest BCUT2D eigenvalue weighted by atomic mass is 10.1. The minimum atomic E-state index is -1.02. The predicted molar refractivity (Wildman–Crippen MR) is 83.2 cm³/mol. The molecule has 0 aliphatic rings. The Kier molecular flexibility index (Phi) is 8.32. The van der Waals surface area contributed by atoms with E-state index in [0.717, 1.165) is 12.8 Å². The molecule has 0 fully saturated rings. The van der Waals surface area contributed by atoms with Crippen LogP contribution >= 0.6 is 0 Å². The Balaban J connectivity index is 2.18. The molecular weight excluding hydrogens is 268 g/mol. The molecule has 0 spiro atoms. The van der Waals surface area contributed by atoms with Crippen LogP contribution in [-0.4, -0.2) is 22.8 Å². The molecule has 0 aliphatic heterocycles. The monoisotopic (exact) mass is 294 g/mol. The van der Waals surface area contributed by atoms with Gasteiger partial charge < -0.3 is 14.9 Å². The summed E-state index contributed by atoms with van der Waals surface area (Å²) in [7, 11) is 0. The van der Waals surface area contributed by atoms with E-state index < -0.39 is 5.97 Å². The first kappa shape index (κ1) is 17.3. The molecule has 118 valence electrons. The highest BCUT2D eigenvalue weighted by molar-refractivity contribution is 5.88. The van der Waals surface area contributed by atoms with Gasteiger partial charge in [0.1, 0.15) is 0 Å². The number of rotatable bonds is 11. The quantitative estimate of drug-likeness (QED) is 0.585. The van der Waals surface area contributed by atoms with Crippen LogP contribution in [0.4, 0.5) is 0 Å². The molecular formula is C17H26O4. The van der Waals surface area contributed by atoms with Gasteiger partial charge in [-0.05, 0) is 24.6 Å². The maximum Gasteiger partial charge on any atom is 0.335 e. The van der Waals surface area contributed by atoms with Gasteiger partial charge in [0.25, 0.3) is 0 Å². The second-order valence-electron chi connectivity index (χ2n) is 5.31. The fraction of sp³-hybridized carbons (Fsp3) is 0.588. The van der Waals surface area contributed by atoms with Crippen LogP contribution < -0.4 is 4.74 Å². The number of ether oxygens (including phenoxy) is 1. The van der Waals surface area contributed by atoms with Crippen LogP contribution in [0.15, 0.2) is 18.2 Å². The number of benzene rings is 1. The van der Waals surface area contributed by atoms with Crippen molar-refractivity contribution in [3.05, 3.63) is 23.8 Å². The minimum Gasteiger partial charge on any atom is -0.504 e. The van der Waals surface area contributed by atoms with Gasteiger partial charge in [0.2, 0.25) is 0 Å². The van der Waals surface area contributed by atoms with E-state index in [1.807, 2.05) is 0 Å². The summed E-state index contributed by atoms with van der Waals surface area (Å²) in [4.78, 5) is 10.9. The van der Waals surface area contributed by atoms with Gasteiger partial charge in [-0.1, -0.05) is 51.9 Å². The third kappa shape index (κ3) is 7.02. The zero-order valence-corrected chi connectivity index (χ0v) is 12.8. The maximum absolute atomic E-state index is 10.9. The van der Waals surface area contributed by atoms with E-state index in [1.165, 1.54) is 56.7 Å². The lowest BCUT2D eigenvalue weighted by Gasteiger charge is -2.08. The molecule has 0 atom stereocenters. The van der Waals surface area contributed by atoms with Crippen LogP contribution in [0.3, 0.4) is 0 Å². The molecule has 0 unspecified atom stereocenters. The Morgan fingerprint density at radius 3 is 2.29 bits per heavy atom. The summed E-state index contributed by atoms with van der Waals surface area (Å²) in [5, 5.41) is 18.5. The fourth-order valence-electron chi connectivity index (χ4n) is 2.18. The summed E-state index contributed by atoms with van der Waals surface area (Å²) < 4.78 is 5.46. The van der Waals surface area contributed by atoms with Gasteiger partial charge >= 0.3 is 5.97 Å². The highest BCUT2D eigenvalue weighted by Gasteiger charge is 2.08. The number of hydrogen-bond acceptors (Lipinski definition) is 3. The standard InChI is InChI=1S/C17H26O4/c1-2-3-4-5-6-7-8-9-12-21-16-13-14(17(19)20)10-11-15(16)18/h10-11,13,18H,2-9,12H2,1H3,(H,19,20). The van der Waals surface area contributed by atoms with Crippen LogP contribution in [0.2, 0.25) is 0 Å². The van der Waals surface area contributed by atoms with Crippen LogP contribution in [0.5, 0.6) is 11.5 Å². The molecule has 1 aromatic rings. The summed E-state index contributed by atoms with van der Waals surface area (Å²) in [6, 6.07) is 4.08. The first-order chi connectivity index (χ1) is 10.1. The van der Waals surface area contributed by atoms with E-state index in [1.54, 1.807) is 0 Å². The van der Waals surface area contributed by atoms with Crippen molar-refractivity contribution in [2.75, 3.05) is 6.61 Å². The van der Waals surface area contributed by atoms with Crippen molar-refractivity contribution in [2.24, 2.45) is 0 Å². The van der Waals surface area contributed by atoms with Crippen LogP contribution in [0.1, 0.15) is 68.6 Å². The molecule has 0 aromatic heterocycles. The third-order valence-electron chi connectivity index (χ3n) is 3.46. The van der Waals surface area contributed by atoms with Gasteiger partial charge in [0.15, 0.2) is 11.5 Å². The summed E-state index contributed by atoms with van der Waals surface area (Å²) in [5.41, 5.74) is 0.124. The number of carboxylic acids is 1. The van der Waals surface area contributed by atoms with Gasteiger partial charge in [-0.2, -0.15) is 0 Å². The van der Waals surface area contributed by atoms with E-state index in [9.17, 15) is 9.90 Å². The molecule has 0 heterocycles. The second-order valence-corrected chi connectivity index (χ2v) is 5.31. The van der Waals surface area contributed by atoms with Crippen molar-refractivity contribution in [3.8, 4) is 11.5 Å². The van der Waals surface area contributed by atoms with Gasteiger partial charge in [-0.3, -0.25) is 0 Å².